The molecule has 0 saturated heterocycles. The molecule has 3 rings (SSSR count). The Morgan fingerprint density at radius 1 is 1.15 bits per heavy atom. The van der Waals surface area contributed by atoms with E-state index in [4.69, 9.17) is 0 Å². The molecular weight excluding hydrogens is 320 g/mol. The minimum Gasteiger partial charge on any atom is -0.288 e. The van der Waals surface area contributed by atoms with Crippen molar-refractivity contribution < 1.29 is 9.37 Å². The lowest BCUT2D eigenvalue weighted by molar-refractivity contribution is -0.433. The Balaban J connectivity index is 2.05. The summed E-state index contributed by atoms with van der Waals surface area (Å²) in [7, 11) is 0. The van der Waals surface area contributed by atoms with Gasteiger partial charge in [0.2, 0.25) is 11.6 Å². The predicted octanol–water partition coefficient (Wildman–Crippen LogP) is 4.96. The summed E-state index contributed by atoms with van der Waals surface area (Å²) in [4.78, 5) is 13.9. The smallest absolute Gasteiger partial charge is 0.227 e. The maximum Gasteiger partial charge on any atom is 0.227 e. The van der Waals surface area contributed by atoms with E-state index in [2.05, 4.69) is 56.5 Å². The number of carbonyl (C=O) groups excluding carboxylic acids is 1. The highest BCUT2D eigenvalue weighted by Crippen LogP contribution is 2.40. The molecule has 1 aliphatic rings. The van der Waals surface area contributed by atoms with E-state index >= 15 is 0 Å². The van der Waals surface area contributed by atoms with Gasteiger partial charge in [0.25, 0.3) is 0 Å². The van der Waals surface area contributed by atoms with Gasteiger partial charge in [0.15, 0.2) is 5.71 Å². The predicted molar refractivity (Wildman–Crippen MR) is 108 cm³/mol. The molecule has 134 valence electrons. The standard InChI is InChI=1S/C23H27N2O/c1-6-24-21-13-12-17(2)16-20(21)23(4,5)22(24)14-15-25(18(3)26)19-10-8-7-9-11-19/h7-16H,6H2,1-5H3/q+1. The third-order valence-corrected chi connectivity index (χ3v) is 5.12. The number of allylic oxidation sites excluding steroid dienone is 1. The molecule has 0 saturated carbocycles. The molecule has 0 bridgehead atoms. The number of anilines is 1. The van der Waals surface area contributed by atoms with Gasteiger partial charge in [-0.3, -0.25) is 9.69 Å². The van der Waals surface area contributed by atoms with Crippen LogP contribution in [-0.2, 0) is 10.2 Å². The topological polar surface area (TPSA) is 23.3 Å². The van der Waals surface area contributed by atoms with Crippen molar-refractivity contribution in [1.82, 2.24) is 0 Å². The molecule has 0 aliphatic carbocycles. The number of aryl methyl sites for hydroxylation is 1. The average molecular weight is 347 g/mol. The molecule has 0 N–H and O–H groups in total. The van der Waals surface area contributed by atoms with Crippen LogP contribution in [0.5, 0.6) is 0 Å². The van der Waals surface area contributed by atoms with Crippen LogP contribution in [0.3, 0.4) is 0 Å². The second kappa shape index (κ2) is 6.91. The highest BCUT2D eigenvalue weighted by molar-refractivity contribution is 6.04. The average Bonchev–Trinajstić information content (AvgIpc) is 2.82. The first-order chi connectivity index (χ1) is 12.4. The van der Waals surface area contributed by atoms with Crippen LogP contribution in [0.4, 0.5) is 11.4 Å². The van der Waals surface area contributed by atoms with E-state index in [9.17, 15) is 4.79 Å². The molecular formula is C23H27N2O+. The van der Waals surface area contributed by atoms with Crippen LogP contribution in [-0.4, -0.2) is 22.7 Å². The van der Waals surface area contributed by atoms with Crippen molar-refractivity contribution in [1.29, 1.82) is 0 Å². The Morgan fingerprint density at radius 3 is 2.46 bits per heavy atom. The molecule has 3 heteroatoms. The molecule has 3 nitrogen and oxygen atoms in total. The van der Waals surface area contributed by atoms with Crippen LogP contribution in [0.25, 0.3) is 0 Å². The van der Waals surface area contributed by atoms with Gasteiger partial charge in [-0.15, -0.1) is 0 Å². The molecule has 1 heterocycles. The minimum absolute atomic E-state index is 0.000241. The normalized spacial score (nSPS) is 15.4. The van der Waals surface area contributed by atoms with E-state index < -0.39 is 0 Å². The summed E-state index contributed by atoms with van der Waals surface area (Å²) in [6, 6.07) is 16.4. The molecule has 0 spiro atoms. The van der Waals surface area contributed by atoms with E-state index in [1.54, 1.807) is 11.8 Å². The first kappa shape index (κ1) is 18.1. The van der Waals surface area contributed by atoms with E-state index in [0.717, 1.165) is 12.2 Å². The van der Waals surface area contributed by atoms with Gasteiger partial charge in [-0.25, -0.2) is 0 Å². The summed E-state index contributed by atoms with van der Waals surface area (Å²) >= 11 is 0. The first-order valence-corrected chi connectivity index (χ1v) is 9.15. The van der Waals surface area contributed by atoms with Gasteiger partial charge in [0, 0.05) is 36.5 Å². The van der Waals surface area contributed by atoms with Crippen LogP contribution in [0.2, 0.25) is 0 Å². The lowest BCUT2D eigenvalue weighted by Crippen LogP contribution is -2.29. The molecule has 1 amide bonds. The first-order valence-electron chi connectivity index (χ1n) is 9.15. The van der Waals surface area contributed by atoms with Gasteiger partial charge < -0.3 is 0 Å². The molecule has 0 aromatic heterocycles. The van der Waals surface area contributed by atoms with Gasteiger partial charge in [0.05, 0.1) is 5.41 Å². The number of carbonyl (C=O) groups is 1. The van der Waals surface area contributed by atoms with Crippen LogP contribution < -0.4 is 4.90 Å². The van der Waals surface area contributed by atoms with Crippen LogP contribution >= 0.6 is 0 Å². The minimum atomic E-state index is -0.104. The fourth-order valence-electron chi connectivity index (χ4n) is 3.74. The second-order valence-electron chi connectivity index (χ2n) is 7.32. The maximum absolute atomic E-state index is 12.2. The number of para-hydroxylation sites is 1. The summed E-state index contributed by atoms with van der Waals surface area (Å²) in [5.41, 5.74) is 5.86. The van der Waals surface area contributed by atoms with Crippen molar-refractivity contribution in [2.24, 2.45) is 0 Å². The molecule has 0 fully saturated rings. The van der Waals surface area contributed by atoms with E-state index in [1.807, 2.05) is 36.5 Å². The number of fused-ring (bicyclic) bond motifs is 1. The molecule has 1 aliphatic heterocycles. The summed E-state index contributed by atoms with van der Waals surface area (Å²) < 4.78 is 2.34. The summed E-state index contributed by atoms with van der Waals surface area (Å²) in [5, 5.41) is 0. The molecule has 2 aromatic carbocycles. The Labute approximate surface area is 156 Å². The zero-order valence-corrected chi connectivity index (χ0v) is 16.3. The highest BCUT2D eigenvalue weighted by atomic mass is 16.2. The zero-order chi connectivity index (χ0) is 18.9. The van der Waals surface area contributed by atoms with Crippen LogP contribution in [0, 0.1) is 6.92 Å². The fraction of sp³-hybridized carbons (Fsp3) is 0.304. The number of hydrogen-bond acceptors (Lipinski definition) is 1. The van der Waals surface area contributed by atoms with Crippen molar-refractivity contribution in [3.05, 3.63) is 71.9 Å². The lowest BCUT2D eigenvalue weighted by atomic mass is 9.81. The Hall–Kier alpha value is -2.68. The molecule has 0 radical (unpaired) electrons. The second-order valence-corrected chi connectivity index (χ2v) is 7.32. The van der Waals surface area contributed by atoms with E-state index in [0.29, 0.717) is 0 Å². The van der Waals surface area contributed by atoms with Crippen LogP contribution in [0.15, 0.2) is 60.8 Å². The summed E-state index contributed by atoms with van der Waals surface area (Å²) in [5.74, 6) is 0.000241. The Morgan fingerprint density at radius 2 is 1.85 bits per heavy atom. The largest absolute Gasteiger partial charge is 0.288 e. The van der Waals surface area contributed by atoms with Gasteiger partial charge >= 0.3 is 0 Å². The molecule has 26 heavy (non-hydrogen) atoms. The van der Waals surface area contributed by atoms with Crippen molar-refractivity contribution in [2.45, 2.75) is 40.0 Å². The SMILES string of the molecule is CC[N+]1=C(/C=C/N(C(C)=O)c2ccccc2)C(C)(C)c2cc(C)ccc21. The van der Waals surface area contributed by atoms with E-state index in [1.165, 1.54) is 22.5 Å². The molecule has 0 unspecified atom stereocenters. The van der Waals surface area contributed by atoms with Crippen LogP contribution in [0.1, 0.15) is 38.8 Å². The highest BCUT2D eigenvalue weighted by Gasteiger charge is 2.43. The number of rotatable bonds is 4. The summed E-state index contributed by atoms with van der Waals surface area (Å²) in [6.45, 7) is 11.3. The van der Waals surface area contributed by atoms with Gasteiger partial charge in [0.1, 0.15) is 6.54 Å². The Bertz CT molecular complexity index is 892. The van der Waals surface area contributed by atoms with Gasteiger partial charge in [-0.05, 0) is 45.9 Å². The number of hydrogen-bond donors (Lipinski definition) is 0. The summed E-state index contributed by atoms with van der Waals surface area (Å²) in [6.07, 6.45) is 3.99. The molecule has 0 atom stereocenters. The third kappa shape index (κ3) is 3.10. The van der Waals surface area contributed by atoms with Crippen molar-refractivity contribution >= 4 is 23.0 Å². The third-order valence-electron chi connectivity index (χ3n) is 5.12. The number of amides is 1. The van der Waals surface area contributed by atoms with Gasteiger partial charge in [-0.1, -0.05) is 29.8 Å². The lowest BCUT2D eigenvalue weighted by Gasteiger charge is -2.18. The molecule has 2 aromatic rings. The number of benzene rings is 2. The van der Waals surface area contributed by atoms with Crippen molar-refractivity contribution in [3.63, 3.8) is 0 Å². The monoisotopic (exact) mass is 347 g/mol. The quantitative estimate of drug-likeness (QED) is 0.717. The van der Waals surface area contributed by atoms with Crippen molar-refractivity contribution in [3.8, 4) is 0 Å². The van der Waals surface area contributed by atoms with E-state index in [-0.39, 0.29) is 11.3 Å². The fourth-order valence-corrected chi connectivity index (χ4v) is 3.74. The number of nitrogens with zero attached hydrogens (tertiary/aromatic N) is 2. The zero-order valence-electron chi connectivity index (χ0n) is 16.3. The maximum atomic E-state index is 12.2. The Kier molecular flexibility index (Phi) is 4.82. The van der Waals surface area contributed by atoms with Crippen molar-refractivity contribution in [2.75, 3.05) is 11.4 Å². The van der Waals surface area contributed by atoms with Gasteiger partial charge in [-0.2, -0.15) is 4.58 Å².